The molecule has 1 saturated carbocycles. The number of ether oxygens (including phenoxy) is 1. The van der Waals surface area contributed by atoms with Crippen LogP contribution in [0.15, 0.2) is 0 Å². The molecule has 0 aromatic rings. The van der Waals surface area contributed by atoms with E-state index in [1.807, 2.05) is 13.8 Å². The smallest absolute Gasteiger partial charge is 0.0695 e. The van der Waals surface area contributed by atoms with E-state index in [-0.39, 0.29) is 12.1 Å². The highest BCUT2D eigenvalue weighted by molar-refractivity contribution is 4.73. The maximum absolute atomic E-state index is 5.62. The molecule has 1 fully saturated rings. The first kappa shape index (κ1) is 8.02. The van der Waals surface area contributed by atoms with Crippen LogP contribution in [-0.2, 0) is 4.74 Å². The number of hydrogen-bond donors (Lipinski definition) is 1. The summed E-state index contributed by atoms with van der Waals surface area (Å²) in [6.45, 7) is 4.94. The van der Waals surface area contributed by atoms with E-state index in [1.165, 1.54) is 12.8 Å². The SMILES string of the molecule is CC(OCC1CC1)[C@H](C)N. The van der Waals surface area contributed by atoms with E-state index in [9.17, 15) is 0 Å². The highest BCUT2D eigenvalue weighted by Gasteiger charge is 2.22. The quantitative estimate of drug-likeness (QED) is 0.640. The van der Waals surface area contributed by atoms with Crippen LogP contribution in [0.4, 0.5) is 0 Å². The first-order valence-corrected chi connectivity index (χ1v) is 4.07. The molecule has 0 bridgehead atoms. The van der Waals surface area contributed by atoms with Crippen molar-refractivity contribution in [2.75, 3.05) is 6.61 Å². The van der Waals surface area contributed by atoms with Crippen LogP contribution in [-0.4, -0.2) is 18.8 Å². The molecule has 0 heterocycles. The summed E-state index contributed by atoms with van der Waals surface area (Å²) in [5.41, 5.74) is 5.62. The second-order valence-electron chi connectivity index (χ2n) is 3.34. The van der Waals surface area contributed by atoms with Gasteiger partial charge in [-0.05, 0) is 32.6 Å². The van der Waals surface area contributed by atoms with Crippen LogP contribution < -0.4 is 5.73 Å². The van der Waals surface area contributed by atoms with Gasteiger partial charge in [0.05, 0.1) is 6.10 Å². The standard InChI is InChI=1S/C8H17NO/c1-6(9)7(2)10-5-8-3-4-8/h6-8H,3-5,9H2,1-2H3/t6-,7?/m0/s1. The molecule has 60 valence electrons. The Morgan fingerprint density at radius 1 is 1.50 bits per heavy atom. The Hall–Kier alpha value is -0.0800. The van der Waals surface area contributed by atoms with Gasteiger partial charge in [0, 0.05) is 12.6 Å². The minimum atomic E-state index is 0.166. The first-order chi connectivity index (χ1) is 4.70. The largest absolute Gasteiger partial charge is 0.377 e. The minimum absolute atomic E-state index is 0.166. The van der Waals surface area contributed by atoms with Crippen molar-refractivity contribution in [3.63, 3.8) is 0 Å². The Labute approximate surface area is 62.7 Å². The van der Waals surface area contributed by atoms with Crippen molar-refractivity contribution in [1.29, 1.82) is 0 Å². The lowest BCUT2D eigenvalue weighted by Crippen LogP contribution is -2.31. The highest BCUT2D eigenvalue weighted by atomic mass is 16.5. The molecule has 0 spiro atoms. The molecule has 0 saturated heterocycles. The van der Waals surface area contributed by atoms with Crippen molar-refractivity contribution in [2.24, 2.45) is 11.7 Å². The number of nitrogens with two attached hydrogens (primary N) is 1. The van der Waals surface area contributed by atoms with E-state index in [1.54, 1.807) is 0 Å². The van der Waals surface area contributed by atoms with Crippen LogP contribution in [0.25, 0.3) is 0 Å². The summed E-state index contributed by atoms with van der Waals surface area (Å²) in [7, 11) is 0. The fourth-order valence-corrected chi connectivity index (χ4v) is 0.724. The molecule has 0 aromatic carbocycles. The van der Waals surface area contributed by atoms with E-state index in [0.29, 0.717) is 0 Å². The zero-order chi connectivity index (χ0) is 7.56. The van der Waals surface area contributed by atoms with Gasteiger partial charge in [0.25, 0.3) is 0 Å². The monoisotopic (exact) mass is 143 g/mol. The van der Waals surface area contributed by atoms with Gasteiger partial charge in [0.2, 0.25) is 0 Å². The third-order valence-electron chi connectivity index (χ3n) is 2.03. The normalized spacial score (nSPS) is 24.3. The van der Waals surface area contributed by atoms with Gasteiger partial charge < -0.3 is 10.5 Å². The predicted octanol–water partition coefficient (Wildman–Crippen LogP) is 1.15. The topological polar surface area (TPSA) is 35.2 Å². The molecule has 0 amide bonds. The summed E-state index contributed by atoms with van der Waals surface area (Å²) in [6, 6.07) is 0.166. The first-order valence-electron chi connectivity index (χ1n) is 4.07. The Morgan fingerprint density at radius 2 is 2.10 bits per heavy atom. The Morgan fingerprint density at radius 3 is 2.50 bits per heavy atom. The van der Waals surface area contributed by atoms with E-state index >= 15 is 0 Å². The molecular weight excluding hydrogens is 126 g/mol. The minimum Gasteiger partial charge on any atom is -0.377 e. The van der Waals surface area contributed by atoms with Crippen LogP contribution in [0.2, 0.25) is 0 Å². The summed E-state index contributed by atoms with van der Waals surface area (Å²) < 4.78 is 5.50. The highest BCUT2D eigenvalue weighted by Crippen LogP contribution is 2.29. The van der Waals surface area contributed by atoms with Gasteiger partial charge in [0.1, 0.15) is 0 Å². The van der Waals surface area contributed by atoms with Gasteiger partial charge in [-0.3, -0.25) is 0 Å². The Balaban J connectivity index is 1.99. The predicted molar refractivity (Wildman–Crippen MR) is 41.8 cm³/mol. The number of hydrogen-bond acceptors (Lipinski definition) is 2. The van der Waals surface area contributed by atoms with Crippen molar-refractivity contribution in [1.82, 2.24) is 0 Å². The van der Waals surface area contributed by atoms with Gasteiger partial charge in [-0.25, -0.2) is 0 Å². The average Bonchev–Trinajstić information content (AvgIpc) is 2.64. The molecule has 10 heavy (non-hydrogen) atoms. The van der Waals surface area contributed by atoms with Crippen LogP contribution >= 0.6 is 0 Å². The van der Waals surface area contributed by atoms with E-state index < -0.39 is 0 Å². The summed E-state index contributed by atoms with van der Waals surface area (Å²) >= 11 is 0. The summed E-state index contributed by atoms with van der Waals surface area (Å²) in [4.78, 5) is 0. The van der Waals surface area contributed by atoms with Gasteiger partial charge >= 0.3 is 0 Å². The van der Waals surface area contributed by atoms with Crippen molar-refractivity contribution in [3.05, 3.63) is 0 Å². The molecule has 1 rings (SSSR count). The number of rotatable bonds is 4. The fourth-order valence-electron chi connectivity index (χ4n) is 0.724. The molecule has 2 atom stereocenters. The van der Waals surface area contributed by atoms with E-state index in [4.69, 9.17) is 10.5 Å². The van der Waals surface area contributed by atoms with Crippen LogP contribution in [0, 0.1) is 5.92 Å². The van der Waals surface area contributed by atoms with E-state index in [0.717, 1.165) is 12.5 Å². The lowest BCUT2D eigenvalue weighted by atomic mass is 10.2. The molecule has 2 N–H and O–H groups in total. The zero-order valence-electron chi connectivity index (χ0n) is 6.84. The Bertz CT molecular complexity index is 99.4. The van der Waals surface area contributed by atoms with Crippen molar-refractivity contribution >= 4 is 0 Å². The lowest BCUT2D eigenvalue weighted by Gasteiger charge is -2.15. The van der Waals surface area contributed by atoms with Gasteiger partial charge in [0.15, 0.2) is 0 Å². The maximum Gasteiger partial charge on any atom is 0.0695 e. The second kappa shape index (κ2) is 3.35. The third kappa shape index (κ3) is 2.67. The Kier molecular flexibility index (Phi) is 2.69. The third-order valence-corrected chi connectivity index (χ3v) is 2.03. The van der Waals surface area contributed by atoms with E-state index in [2.05, 4.69) is 0 Å². The fraction of sp³-hybridized carbons (Fsp3) is 1.00. The summed E-state index contributed by atoms with van der Waals surface area (Å²) in [6.07, 6.45) is 2.93. The molecule has 2 heteroatoms. The van der Waals surface area contributed by atoms with Crippen LogP contribution in [0.5, 0.6) is 0 Å². The molecule has 0 radical (unpaired) electrons. The molecule has 1 unspecified atom stereocenters. The molecule has 1 aliphatic carbocycles. The van der Waals surface area contributed by atoms with Crippen LogP contribution in [0.1, 0.15) is 26.7 Å². The molecule has 0 aliphatic heterocycles. The maximum atomic E-state index is 5.62. The molecular formula is C8H17NO. The average molecular weight is 143 g/mol. The summed E-state index contributed by atoms with van der Waals surface area (Å²) in [5, 5.41) is 0. The second-order valence-corrected chi connectivity index (χ2v) is 3.34. The van der Waals surface area contributed by atoms with Crippen molar-refractivity contribution < 1.29 is 4.74 Å². The van der Waals surface area contributed by atoms with Gasteiger partial charge in [-0.15, -0.1) is 0 Å². The lowest BCUT2D eigenvalue weighted by molar-refractivity contribution is 0.0451. The van der Waals surface area contributed by atoms with Gasteiger partial charge in [-0.1, -0.05) is 0 Å². The molecule has 2 nitrogen and oxygen atoms in total. The zero-order valence-corrected chi connectivity index (χ0v) is 6.84. The van der Waals surface area contributed by atoms with Crippen molar-refractivity contribution in [3.8, 4) is 0 Å². The van der Waals surface area contributed by atoms with Gasteiger partial charge in [-0.2, -0.15) is 0 Å². The van der Waals surface area contributed by atoms with Crippen molar-refractivity contribution in [2.45, 2.75) is 38.8 Å². The molecule has 0 aromatic heterocycles. The van der Waals surface area contributed by atoms with Crippen LogP contribution in [0.3, 0.4) is 0 Å². The molecule has 1 aliphatic rings. The summed E-state index contributed by atoms with van der Waals surface area (Å²) in [5.74, 6) is 0.848.